The molecule has 98 valence electrons. The Hall–Kier alpha value is -2.50. The Balaban J connectivity index is 2.68. The summed E-state index contributed by atoms with van der Waals surface area (Å²) in [7, 11) is 1.33. The summed E-state index contributed by atoms with van der Waals surface area (Å²) in [6.07, 6.45) is 0. The van der Waals surface area contributed by atoms with Gasteiger partial charge in [0.1, 0.15) is 0 Å². The van der Waals surface area contributed by atoms with Crippen LogP contribution in [0.1, 0.15) is 10.5 Å². The second-order valence-corrected chi connectivity index (χ2v) is 3.66. The largest absolute Gasteiger partial charge is 0.481 e. The normalized spacial score (nSPS) is 10.3. The number of benzene rings is 1. The van der Waals surface area contributed by atoms with Crippen molar-refractivity contribution in [3.63, 3.8) is 0 Å². The molecule has 0 radical (unpaired) electrons. The molecule has 1 heterocycles. The van der Waals surface area contributed by atoms with E-state index in [0.717, 1.165) is 6.07 Å². The molecule has 0 atom stereocenters. The summed E-state index contributed by atoms with van der Waals surface area (Å²) in [5.74, 6) is -3.43. The van der Waals surface area contributed by atoms with Crippen LogP contribution in [-0.2, 0) is 0 Å². The standard InChI is InChI=1S/C13H9F2NO3/c1-19-10-6-5-8(12(16-10)13(17)18)7-3-2-4-9(14)11(7)15/h2-6H,1H3,(H,17,18). The third-order valence-corrected chi connectivity index (χ3v) is 2.52. The molecule has 1 aromatic carbocycles. The van der Waals surface area contributed by atoms with Crippen molar-refractivity contribution in [2.24, 2.45) is 0 Å². The second kappa shape index (κ2) is 5.01. The van der Waals surface area contributed by atoms with Crippen LogP contribution < -0.4 is 4.74 Å². The Morgan fingerprint density at radius 2 is 1.95 bits per heavy atom. The molecule has 0 fully saturated rings. The molecule has 4 nitrogen and oxygen atoms in total. The van der Waals surface area contributed by atoms with Crippen LogP contribution >= 0.6 is 0 Å². The maximum absolute atomic E-state index is 13.7. The molecule has 0 spiro atoms. The van der Waals surface area contributed by atoms with Crippen molar-refractivity contribution >= 4 is 5.97 Å². The first-order valence-corrected chi connectivity index (χ1v) is 5.27. The van der Waals surface area contributed by atoms with Gasteiger partial charge in [0, 0.05) is 17.2 Å². The third-order valence-electron chi connectivity index (χ3n) is 2.52. The predicted octanol–water partition coefficient (Wildman–Crippen LogP) is 2.73. The molecule has 2 aromatic rings. The molecule has 19 heavy (non-hydrogen) atoms. The van der Waals surface area contributed by atoms with Gasteiger partial charge in [-0.2, -0.15) is 0 Å². The smallest absolute Gasteiger partial charge is 0.355 e. The number of halogens is 2. The molecular weight excluding hydrogens is 256 g/mol. The van der Waals surface area contributed by atoms with E-state index in [-0.39, 0.29) is 17.0 Å². The van der Waals surface area contributed by atoms with E-state index in [1.807, 2.05) is 0 Å². The van der Waals surface area contributed by atoms with Crippen LogP contribution in [0.15, 0.2) is 30.3 Å². The summed E-state index contributed by atoms with van der Waals surface area (Å²) in [5, 5.41) is 9.07. The highest BCUT2D eigenvalue weighted by atomic mass is 19.2. The summed E-state index contributed by atoms with van der Waals surface area (Å²) in [5.41, 5.74) is -0.568. The fourth-order valence-electron chi connectivity index (χ4n) is 1.65. The van der Waals surface area contributed by atoms with Crippen LogP contribution in [-0.4, -0.2) is 23.2 Å². The van der Waals surface area contributed by atoms with Crippen molar-refractivity contribution in [3.05, 3.63) is 47.7 Å². The summed E-state index contributed by atoms with van der Waals surface area (Å²) in [4.78, 5) is 14.9. The number of hydrogen-bond donors (Lipinski definition) is 1. The number of aromatic nitrogens is 1. The van der Waals surface area contributed by atoms with Crippen LogP contribution in [0, 0.1) is 11.6 Å². The Bertz CT molecular complexity index is 644. The molecule has 0 unspecified atom stereocenters. The SMILES string of the molecule is COc1ccc(-c2cccc(F)c2F)c(C(=O)O)n1. The van der Waals surface area contributed by atoms with Gasteiger partial charge in [0.2, 0.25) is 5.88 Å². The minimum Gasteiger partial charge on any atom is -0.481 e. The summed E-state index contributed by atoms with van der Waals surface area (Å²) in [6, 6.07) is 6.24. The summed E-state index contributed by atoms with van der Waals surface area (Å²) < 4.78 is 31.7. The number of pyridine rings is 1. The van der Waals surface area contributed by atoms with E-state index in [2.05, 4.69) is 4.98 Å². The molecule has 0 aliphatic heterocycles. The van der Waals surface area contributed by atoms with Crippen LogP contribution in [0.4, 0.5) is 8.78 Å². The zero-order chi connectivity index (χ0) is 14.0. The molecule has 1 aromatic heterocycles. The second-order valence-electron chi connectivity index (χ2n) is 3.66. The molecule has 0 saturated carbocycles. The van der Waals surface area contributed by atoms with Gasteiger partial charge in [-0.1, -0.05) is 12.1 Å². The quantitative estimate of drug-likeness (QED) is 0.927. The lowest BCUT2D eigenvalue weighted by atomic mass is 10.0. The third kappa shape index (κ3) is 2.37. The average Bonchev–Trinajstić information content (AvgIpc) is 2.41. The van der Waals surface area contributed by atoms with Crippen molar-refractivity contribution < 1.29 is 23.4 Å². The Labute approximate surface area is 107 Å². The van der Waals surface area contributed by atoms with Gasteiger partial charge >= 0.3 is 5.97 Å². The van der Waals surface area contributed by atoms with E-state index >= 15 is 0 Å². The molecular formula is C13H9F2NO3. The van der Waals surface area contributed by atoms with E-state index in [0.29, 0.717) is 0 Å². The lowest BCUT2D eigenvalue weighted by Crippen LogP contribution is -2.05. The van der Waals surface area contributed by atoms with Gasteiger partial charge in [0.25, 0.3) is 0 Å². The maximum atomic E-state index is 13.7. The van der Waals surface area contributed by atoms with Crippen LogP contribution in [0.3, 0.4) is 0 Å². The van der Waals surface area contributed by atoms with Gasteiger partial charge in [0.05, 0.1) is 7.11 Å². The molecule has 0 aliphatic rings. The summed E-state index contributed by atoms with van der Waals surface area (Å²) in [6.45, 7) is 0. The Morgan fingerprint density at radius 1 is 1.21 bits per heavy atom. The predicted molar refractivity (Wildman–Crippen MR) is 63.1 cm³/mol. The summed E-state index contributed by atoms with van der Waals surface area (Å²) >= 11 is 0. The van der Waals surface area contributed by atoms with E-state index in [9.17, 15) is 13.6 Å². The average molecular weight is 265 g/mol. The lowest BCUT2D eigenvalue weighted by Gasteiger charge is -2.08. The van der Waals surface area contributed by atoms with E-state index in [1.54, 1.807) is 0 Å². The fraction of sp³-hybridized carbons (Fsp3) is 0.0769. The first-order valence-electron chi connectivity index (χ1n) is 5.27. The van der Waals surface area contributed by atoms with Crippen molar-refractivity contribution in [2.75, 3.05) is 7.11 Å². The van der Waals surface area contributed by atoms with Crippen molar-refractivity contribution in [1.82, 2.24) is 4.98 Å². The van der Waals surface area contributed by atoms with E-state index in [4.69, 9.17) is 9.84 Å². The van der Waals surface area contributed by atoms with Crippen LogP contribution in [0.25, 0.3) is 11.1 Å². The first-order chi connectivity index (χ1) is 9.04. The van der Waals surface area contributed by atoms with Crippen molar-refractivity contribution in [2.45, 2.75) is 0 Å². The number of carbonyl (C=O) groups is 1. The minimum atomic E-state index is -1.35. The zero-order valence-electron chi connectivity index (χ0n) is 9.85. The first kappa shape index (κ1) is 12.9. The van der Waals surface area contributed by atoms with Gasteiger partial charge in [-0.3, -0.25) is 0 Å². The molecule has 0 aliphatic carbocycles. The minimum absolute atomic E-state index is 0.00898. The number of carboxylic acids is 1. The highest BCUT2D eigenvalue weighted by Gasteiger charge is 2.19. The van der Waals surface area contributed by atoms with Gasteiger partial charge in [0.15, 0.2) is 17.3 Å². The Morgan fingerprint density at radius 3 is 2.58 bits per heavy atom. The van der Waals surface area contributed by atoms with E-state index < -0.39 is 23.3 Å². The van der Waals surface area contributed by atoms with E-state index in [1.165, 1.54) is 31.4 Å². The molecule has 0 saturated heterocycles. The lowest BCUT2D eigenvalue weighted by molar-refractivity contribution is 0.0690. The molecule has 0 amide bonds. The number of ether oxygens (including phenoxy) is 1. The number of rotatable bonds is 3. The number of nitrogens with zero attached hydrogens (tertiary/aromatic N) is 1. The number of hydrogen-bond acceptors (Lipinski definition) is 3. The highest BCUT2D eigenvalue weighted by molar-refractivity contribution is 5.94. The number of aromatic carboxylic acids is 1. The number of methoxy groups -OCH3 is 1. The molecule has 0 bridgehead atoms. The zero-order valence-corrected chi connectivity index (χ0v) is 9.85. The number of carboxylic acid groups (broad SMARTS) is 1. The van der Waals surface area contributed by atoms with Gasteiger partial charge in [-0.15, -0.1) is 0 Å². The Kier molecular flexibility index (Phi) is 3.41. The fourth-order valence-corrected chi connectivity index (χ4v) is 1.65. The van der Waals surface area contributed by atoms with Gasteiger partial charge in [-0.25, -0.2) is 18.6 Å². The molecule has 2 rings (SSSR count). The van der Waals surface area contributed by atoms with Gasteiger partial charge in [-0.05, 0) is 12.1 Å². The van der Waals surface area contributed by atoms with Crippen molar-refractivity contribution in [3.8, 4) is 17.0 Å². The van der Waals surface area contributed by atoms with Gasteiger partial charge < -0.3 is 9.84 Å². The molecule has 1 N–H and O–H groups in total. The monoisotopic (exact) mass is 265 g/mol. The van der Waals surface area contributed by atoms with Crippen LogP contribution in [0.5, 0.6) is 5.88 Å². The molecule has 6 heteroatoms. The maximum Gasteiger partial charge on any atom is 0.355 e. The highest BCUT2D eigenvalue weighted by Crippen LogP contribution is 2.28. The topological polar surface area (TPSA) is 59.4 Å². The van der Waals surface area contributed by atoms with Crippen LogP contribution in [0.2, 0.25) is 0 Å². The van der Waals surface area contributed by atoms with Crippen molar-refractivity contribution in [1.29, 1.82) is 0 Å².